The number of hydrogen-bond donors (Lipinski definition) is 2. The van der Waals surface area contributed by atoms with Gasteiger partial charge in [-0.05, 0) is 38.9 Å². The van der Waals surface area contributed by atoms with E-state index < -0.39 is 0 Å². The minimum atomic E-state index is -0.0658. The van der Waals surface area contributed by atoms with Gasteiger partial charge in [-0.25, -0.2) is 4.98 Å². The quantitative estimate of drug-likeness (QED) is 0.851. The van der Waals surface area contributed by atoms with E-state index in [1.165, 1.54) is 16.9 Å². The van der Waals surface area contributed by atoms with E-state index in [1.54, 1.807) is 0 Å². The van der Waals surface area contributed by atoms with Crippen molar-refractivity contribution < 1.29 is 9.21 Å². The van der Waals surface area contributed by atoms with Gasteiger partial charge in [0.2, 0.25) is 0 Å². The topological polar surface area (TPSA) is 67.2 Å². The number of thiazole rings is 1. The molecule has 5 nitrogen and oxygen atoms in total. The van der Waals surface area contributed by atoms with Crippen molar-refractivity contribution in [3.05, 3.63) is 40.1 Å². The summed E-state index contributed by atoms with van der Waals surface area (Å²) in [5.41, 5.74) is 2.02. The van der Waals surface area contributed by atoms with Crippen molar-refractivity contribution in [2.75, 3.05) is 19.6 Å². The van der Waals surface area contributed by atoms with Gasteiger partial charge in [-0.3, -0.25) is 4.79 Å². The molecule has 6 heteroatoms. The molecule has 0 radical (unpaired) electrons. The predicted octanol–water partition coefficient (Wildman–Crippen LogP) is 2.67. The highest BCUT2D eigenvalue weighted by molar-refractivity contribution is 7.17. The highest BCUT2D eigenvalue weighted by atomic mass is 32.1. The van der Waals surface area contributed by atoms with E-state index in [9.17, 15) is 4.79 Å². The van der Waals surface area contributed by atoms with Gasteiger partial charge in [-0.1, -0.05) is 11.6 Å². The number of hydrogen-bond acceptors (Lipinski definition) is 5. The van der Waals surface area contributed by atoms with Gasteiger partial charge >= 0.3 is 0 Å². The van der Waals surface area contributed by atoms with Crippen LogP contribution in [0.4, 0.5) is 0 Å². The number of aryl methyl sites for hydroxylation is 2. The van der Waals surface area contributed by atoms with Crippen LogP contribution in [0.25, 0.3) is 10.8 Å². The van der Waals surface area contributed by atoms with Gasteiger partial charge in [0.15, 0.2) is 10.8 Å². The first-order valence-corrected chi connectivity index (χ1v) is 8.16. The molecular weight excluding hydrogens is 298 g/mol. The molecule has 2 N–H and O–H groups in total. The van der Waals surface area contributed by atoms with E-state index in [2.05, 4.69) is 21.7 Å². The SMILES string of the molecule is Cc1ccc(-c2nc(C)c(C(=O)NCC3=CCNCC3)s2)o1. The molecule has 0 spiro atoms. The lowest BCUT2D eigenvalue weighted by Gasteiger charge is -2.14. The molecule has 22 heavy (non-hydrogen) atoms. The molecule has 1 amide bonds. The fourth-order valence-electron chi connectivity index (χ4n) is 2.37. The maximum Gasteiger partial charge on any atom is 0.263 e. The molecule has 0 saturated carbocycles. The zero-order valence-electron chi connectivity index (χ0n) is 12.7. The molecule has 0 fully saturated rings. The van der Waals surface area contributed by atoms with Crippen LogP contribution in [0.1, 0.15) is 27.5 Å². The summed E-state index contributed by atoms with van der Waals surface area (Å²) in [6.45, 7) is 6.21. The molecule has 3 heterocycles. The van der Waals surface area contributed by atoms with E-state index in [4.69, 9.17) is 4.42 Å². The van der Waals surface area contributed by atoms with Crippen LogP contribution < -0.4 is 10.6 Å². The van der Waals surface area contributed by atoms with E-state index in [1.807, 2.05) is 26.0 Å². The summed E-state index contributed by atoms with van der Waals surface area (Å²) >= 11 is 1.37. The van der Waals surface area contributed by atoms with Crippen LogP contribution in [0.2, 0.25) is 0 Å². The van der Waals surface area contributed by atoms with Crippen molar-refractivity contribution >= 4 is 17.2 Å². The molecule has 2 aromatic rings. The summed E-state index contributed by atoms with van der Waals surface area (Å²) in [6, 6.07) is 3.78. The largest absolute Gasteiger partial charge is 0.459 e. The number of carbonyl (C=O) groups is 1. The van der Waals surface area contributed by atoms with Gasteiger partial charge in [-0.2, -0.15) is 0 Å². The standard InChI is InChI=1S/C16H19N3O2S/c1-10-3-4-13(21-10)16-19-11(2)14(22-16)15(20)18-9-12-5-7-17-8-6-12/h3-5,17H,6-9H2,1-2H3,(H,18,20). The average Bonchev–Trinajstić information content (AvgIpc) is 3.12. The summed E-state index contributed by atoms with van der Waals surface area (Å²) in [4.78, 5) is 17.4. The van der Waals surface area contributed by atoms with E-state index >= 15 is 0 Å². The smallest absolute Gasteiger partial charge is 0.263 e. The van der Waals surface area contributed by atoms with Crippen LogP contribution in [0.5, 0.6) is 0 Å². The first-order valence-electron chi connectivity index (χ1n) is 7.34. The third-order valence-corrected chi connectivity index (χ3v) is 4.76. The third kappa shape index (κ3) is 3.28. The molecule has 1 aliphatic rings. The second-order valence-electron chi connectivity index (χ2n) is 5.34. The van der Waals surface area contributed by atoms with Crippen LogP contribution in [0.3, 0.4) is 0 Å². The number of amides is 1. The molecule has 1 aliphatic heterocycles. The molecule has 0 aromatic carbocycles. The Kier molecular flexibility index (Phi) is 4.40. The number of furan rings is 1. The second kappa shape index (κ2) is 6.46. The van der Waals surface area contributed by atoms with Gasteiger partial charge < -0.3 is 15.1 Å². The van der Waals surface area contributed by atoms with Gasteiger partial charge in [-0.15, -0.1) is 11.3 Å². The van der Waals surface area contributed by atoms with E-state index in [0.29, 0.717) is 17.2 Å². The summed E-state index contributed by atoms with van der Waals surface area (Å²) in [5, 5.41) is 6.99. The normalized spacial score (nSPS) is 14.7. The lowest BCUT2D eigenvalue weighted by atomic mass is 10.1. The number of nitrogens with one attached hydrogen (secondary N) is 2. The summed E-state index contributed by atoms with van der Waals surface area (Å²) < 4.78 is 5.57. The van der Waals surface area contributed by atoms with Crippen LogP contribution in [-0.2, 0) is 0 Å². The van der Waals surface area contributed by atoms with Crippen molar-refractivity contribution in [1.82, 2.24) is 15.6 Å². The monoisotopic (exact) mass is 317 g/mol. The van der Waals surface area contributed by atoms with Crippen LogP contribution in [0, 0.1) is 13.8 Å². The average molecular weight is 317 g/mol. The summed E-state index contributed by atoms with van der Waals surface area (Å²) in [6.07, 6.45) is 3.12. The zero-order chi connectivity index (χ0) is 15.5. The molecule has 0 saturated heterocycles. The van der Waals surface area contributed by atoms with Crippen LogP contribution >= 0.6 is 11.3 Å². The Morgan fingerprint density at radius 1 is 1.45 bits per heavy atom. The van der Waals surface area contributed by atoms with Crippen molar-refractivity contribution in [3.63, 3.8) is 0 Å². The maximum absolute atomic E-state index is 12.3. The molecule has 3 rings (SSSR count). The predicted molar refractivity (Wildman–Crippen MR) is 87.2 cm³/mol. The van der Waals surface area contributed by atoms with E-state index in [-0.39, 0.29) is 5.91 Å². The van der Waals surface area contributed by atoms with Crippen molar-refractivity contribution in [1.29, 1.82) is 0 Å². The van der Waals surface area contributed by atoms with E-state index in [0.717, 1.165) is 36.0 Å². The van der Waals surface area contributed by atoms with Crippen molar-refractivity contribution in [2.24, 2.45) is 0 Å². The van der Waals surface area contributed by atoms with Gasteiger partial charge in [0.05, 0.1) is 5.69 Å². The number of rotatable bonds is 4. The molecule has 116 valence electrons. The Balaban J connectivity index is 1.70. The van der Waals surface area contributed by atoms with Gasteiger partial charge in [0.25, 0.3) is 5.91 Å². The Labute approximate surface area is 133 Å². The summed E-state index contributed by atoms with van der Waals surface area (Å²) in [7, 11) is 0. The molecule has 0 atom stereocenters. The second-order valence-corrected chi connectivity index (χ2v) is 6.34. The highest BCUT2D eigenvalue weighted by Crippen LogP contribution is 2.29. The Morgan fingerprint density at radius 3 is 3.00 bits per heavy atom. The molecular formula is C16H19N3O2S. The van der Waals surface area contributed by atoms with Crippen molar-refractivity contribution in [2.45, 2.75) is 20.3 Å². The number of nitrogens with zero attached hydrogens (tertiary/aromatic N) is 1. The van der Waals surface area contributed by atoms with Gasteiger partial charge in [0, 0.05) is 13.1 Å². The molecule has 0 bridgehead atoms. The lowest BCUT2D eigenvalue weighted by Crippen LogP contribution is -2.29. The lowest BCUT2D eigenvalue weighted by molar-refractivity contribution is 0.0960. The van der Waals surface area contributed by atoms with Crippen LogP contribution in [0.15, 0.2) is 28.2 Å². The number of carbonyl (C=O) groups excluding carboxylic acids is 1. The first-order chi connectivity index (χ1) is 10.6. The number of aromatic nitrogens is 1. The first kappa shape index (κ1) is 15.0. The minimum Gasteiger partial charge on any atom is -0.459 e. The Bertz CT molecular complexity index is 715. The third-order valence-electron chi connectivity index (χ3n) is 3.59. The fourth-order valence-corrected chi connectivity index (χ4v) is 3.31. The molecule has 0 aliphatic carbocycles. The molecule has 0 unspecified atom stereocenters. The van der Waals surface area contributed by atoms with Crippen molar-refractivity contribution in [3.8, 4) is 10.8 Å². The maximum atomic E-state index is 12.3. The highest BCUT2D eigenvalue weighted by Gasteiger charge is 2.18. The van der Waals surface area contributed by atoms with Crippen LogP contribution in [-0.4, -0.2) is 30.5 Å². The summed E-state index contributed by atoms with van der Waals surface area (Å²) in [5.74, 6) is 1.49. The molecule has 2 aromatic heterocycles. The zero-order valence-corrected chi connectivity index (χ0v) is 13.5. The Morgan fingerprint density at radius 2 is 2.32 bits per heavy atom. The fraction of sp³-hybridized carbons (Fsp3) is 0.375. The minimum absolute atomic E-state index is 0.0658. The van der Waals surface area contributed by atoms with Gasteiger partial charge in [0.1, 0.15) is 10.6 Å². The Hall–Kier alpha value is -1.92.